The number of esters is 1. The smallest absolute Gasteiger partial charge is 0.332 e. The van der Waals surface area contributed by atoms with Gasteiger partial charge < -0.3 is 23.8 Å². The van der Waals surface area contributed by atoms with Crippen molar-refractivity contribution in [3.8, 4) is 5.75 Å². The second-order valence-corrected chi connectivity index (χ2v) is 13.3. The Morgan fingerprint density at radius 3 is 2.32 bits per heavy atom. The number of rotatable bonds is 9. The van der Waals surface area contributed by atoms with Crippen molar-refractivity contribution in [3.63, 3.8) is 0 Å². The summed E-state index contributed by atoms with van der Waals surface area (Å²) in [6.45, 7) is 0.865. The first-order valence-electron chi connectivity index (χ1n) is 15.5. The zero-order valence-electron chi connectivity index (χ0n) is 26.8. The summed E-state index contributed by atoms with van der Waals surface area (Å²) in [6, 6.07) is 22.8. The van der Waals surface area contributed by atoms with Crippen LogP contribution in [0.4, 0.5) is 4.39 Å². The van der Waals surface area contributed by atoms with Crippen molar-refractivity contribution in [2.24, 2.45) is 5.92 Å². The minimum Gasteiger partial charge on any atom is -0.496 e. The molecule has 8 nitrogen and oxygen atoms in total. The average Bonchev–Trinajstić information content (AvgIpc) is 3.71. The number of nitrogens with zero attached hydrogens (tertiary/aromatic N) is 3. The van der Waals surface area contributed by atoms with Gasteiger partial charge in [-0.1, -0.05) is 36.4 Å². The van der Waals surface area contributed by atoms with Crippen LogP contribution in [0.25, 0.3) is 0 Å². The Hall–Kier alpha value is -4.44. The Kier molecular flexibility index (Phi) is 8.98. The summed E-state index contributed by atoms with van der Waals surface area (Å²) in [4.78, 5) is 45.3. The van der Waals surface area contributed by atoms with Gasteiger partial charge in [-0.15, -0.1) is 0 Å². The van der Waals surface area contributed by atoms with Crippen molar-refractivity contribution in [2.75, 3.05) is 34.9 Å². The predicted molar refractivity (Wildman–Crippen MR) is 179 cm³/mol. The number of likely N-dealkylation sites (tertiary alicyclic amines) is 1. The van der Waals surface area contributed by atoms with E-state index in [1.807, 2.05) is 30.3 Å². The lowest BCUT2D eigenvalue weighted by Crippen LogP contribution is -2.58. The molecule has 3 aromatic carbocycles. The van der Waals surface area contributed by atoms with E-state index in [0.29, 0.717) is 42.8 Å². The number of aromatic nitrogens is 1. The van der Waals surface area contributed by atoms with Gasteiger partial charge in [0, 0.05) is 50.8 Å². The summed E-state index contributed by atoms with van der Waals surface area (Å²) in [5, 5.41) is 0. The first kappa shape index (κ1) is 32.5. The van der Waals surface area contributed by atoms with Gasteiger partial charge in [-0.25, -0.2) is 9.18 Å². The number of hydrogen-bond acceptors (Lipinski definition) is 5. The first-order valence-corrected chi connectivity index (χ1v) is 16.3. The number of benzene rings is 3. The zero-order chi connectivity index (χ0) is 33.5. The highest BCUT2D eigenvalue weighted by Gasteiger charge is 2.64. The van der Waals surface area contributed by atoms with Gasteiger partial charge in [-0.2, -0.15) is 0 Å². The number of halogens is 2. The maximum atomic E-state index is 14.3. The van der Waals surface area contributed by atoms with E-state index in [9.17, 15) is 18.8 Å². The van der Waals surface area contributed by atoms with E-state index in [1.165, 1.54) is 19.2 Å². The van der Waals surface area contributed by atoms with Crippen LogP contribution < -0.4 is 4.74 Å². The topological polar surface area (TPSA) is 81.1 Å². The lowest BCUT2D eigenvalue weighted by atomic mass is 9.75. The van der Waals surface area contributed by atoms with Crippen molar-refractivity contribution in [1.82, 2.24) is 14.4 Å². The van der Waals surface area contributed by atoms with E-state index in [4.69, 9.17) is 9.47 Å². The van der Waals surface area contributed by atoms with Gasteiger partial charge in [0.2, 0.25) is 0 Å². The number of carbonyl (C=O) groups excluding carboxylic acids is 3. The van der Waals surface area contributed by atoms with Crippen molar-refractivity contribution >= 4 is 33.7 Å². The second kappa shape index (κ2) is 13.0. The maximum absolute atomic E-state index is 14.3. The SMILES string of the molecule is COC(=O)[C@@]1(Cc2ccc(F)cc2)C2c3cc(C(=O)N(C)C)n(CCc4ccc(OC)c(Br)c4)c3CC2CN1C(=O)c1ccccc1. The summed E-state index contributed by atoms with van der Waals surface area (Å²) in [7, 11) is 6.40. The van der Waals surface area contributed by atoms with Gasteiger partial charge in [0.1, 0.15) is 17.3 Å². The minimum absolute atomic E-state index is 0.0999. The molecule has 6 rings (SSSR count). The highest BCUT2D eigenvalue weighted by molar-refractivity contribution is 9.10. The highest BCUT2D eigenvalue weighted by Crippen LogP contribution is 2.55. The molecule has 2 amide bonds. The Bertz CT molecular complexity index is 1820. The van der Waals surface area contributed by atoms with Gasteiger partial charge >= 0.3 is 5.97 Å². The zero-order valence-corrected chi connectivity index (χ0v) is 28.4. The number of amides is 2. The number of methoxy groups -OCH3 is 2. The fraction of sp³-hybridized carbons (Fsp3) is 0.324. The van der Waals surface area contributed by atoms with Crippen LogP contribution in [0.5, 0.6) is 5.75 Å². The molecule has 1 aliphatic heterocycles. The third-order valence-corrected chi connectivity index (χ3v) is 10.2. The quantitative estimate of drug-likeness (QED) is 0.203. The second-order valence-electron chi connectivity index (χ2n) is 12.4. The normalized spacial score (nSPS) is 19.7. The number of ether oxygens (including phenoxy) is 2. The molecule has 2 heterocycles. The van der Waals surface area contributed by atoms with Crippen LogP contribution in [0.1, 0.15) is 49.1 Å². The molecule has 2 unspecified atom stereocenters. The largest absolute Gasteiger partial charge is 0.496 e. The maximum Gasteiger partial charge on any atom is 0.332 e. The molecule has 0 N–H and O–H groups in total. The molecule has 47 heavy (non-hydrogen) atoms. The average molecular weight is 703 g/mol. The van der Waals surface area contributed by atoms with E-state index in [-0.39, 0.29) is 24.2 Å². The summed E-state index contributed by atoms with van der Waals surface area (Å²) in [6.07, 6.45) is 1.36. The van der Waals surface area contributed by atoms with Crippen LogP contribution in [-0.2, 0) is 35.3 Å². The molecular formula is C37H37BrFN3O5. The summed E-state index contributed by atoms with van der Waals surface area (Å²) < 4.78 is 27.8. The van der Waals surface area contributed by atoms with Gasteiger partial charge in [0.25, 0.3) is 11.8 Å². The number of hydrogen-bond donors (Lipinski definition) is 0. The molecule has 4 aromatic rings. The van der Waals surface area contributed by atoms with E-state index < -0.39 is 23.2 Å². The molecule has 3 atom stereocenters. The molecule has 1 aliphatic carbocycles. The molecule has 244 valence electrons. The van der Waals surface area contributed by atoms with Gasteiger partial charge in [-0.3, -0.25) is 9.59 Å². The van der Waals surface area contributed by atoms with E-state index >= 15 is 0 Å². The number of fused-ring (bicyclic) bond motifs is 3. The molecule has 0 radical (unpaired) electrons. The summed E-state index contributed by atoms with van der Waals surface area (Å²) in [5.41, 5.74) is 3.18. The van der Waals surface area contributed by atoms with E-state index in [0.717, 1.165) is 27.0 Å². The third kappa shape index (κ3) is 5.73. The van der Waals surface area contributed by atoms with Crippen molar-refractivity contribution < 1.29 is 28.2 Å². The van der Waals surface area contributed by atoms with Crippen LogP contribution in [0.15, 0.2) is 83.3 Å². The van der Waals surface area contributed by atoms with Crippen molar-refractivity contribution in [3.05, 3.63) is 123 Å². The molecular weight excluding hydrogens is 665 g/mol. The van der Waals surface area contributed by atoms with Crippen LogP contribution in [0, 0.1) is 11.7 Å². The molecule has 1 fully saturated rings. The van der Waals surface area contributed by atoms with Crippen LogP contribution in [-0.4, -0.2) is 72.5 Å². The van der Waals surface area contributed by atoms with Crippen LogP contribution in [0.3, 0.4) is 0 Å². The van der Waals surface area contributed by atoms with Gasteiger partial charge in [-0.05, 0) is 93.8 Å². The molecule has 10 heteroatoms. The standard InChI is InChI=1S/C37H37BrFN3O5/c1-40(2)35(44)31-20-28-30(41(31)17-16-23-12-15-32(46-3)29(38)18-23)19-26-22-42(34(43)25-8-6-5-7-9-25)37(33(26)28,36(45)47-4)21-24-10-13-27(39)14-11-24/h5-15,18,20,26,33H,16-17,19,21-22H2,1-4H3/t26?,33?,37-/m1/s1. The molecule has 0 bridgehead atoms. The predicted octanol–water partition coefficient (Wildman–Crippen LogP) is 5.91. The lowest BCUT2D eigenvalue weighted by Gasteiger charge is -2.40. The van der Waals surface area contributed by atoms with Gasteiger partial charge in [0.05, 0.1) is 18.7 Å². The Labute approximate surface area is 282 Å². The molecule has 0 saturated carbocycles. The fourth-order valence-corrected chi connectivity index (χ4v) is 8.07. The number of carbonyl (C=O) groups is 3. The summed E-state index contributed by atoms with van der Waals surface area (Å²) in [5.74, 6) is -1.17. The van der Waals surface area contributed by atoms with Crippen molar-refractivity contribution in [2.45, 2.75) is 37.3 Å². The summed E-state index contributed by atoms with van der Waals surface area (Å²) >= 11 is 3.57. The fourth-order valence-electron chi connectivity index (χ4n) is 7.48. The lowest BCUT2D eigenvalue weighted by molar-refractivity contribution is -0.153. The Balaban J connectivity index is 1.48. The highest BCUT2D eigenvalue weighted by atomic mass is 79.9. The van der Waals surface area contributed by atoms with E-state index in [1.54, 1.807) is 67.4 Å². The minimum atomic E-state index is -1.43. The molecule has 1 aromatic heterocycles. The van der Waals surface area contributed by atoms with Crippen LogP contribution in [0.2, 0.25) is 0 Å². The molecule has 1 saturated heterocycles. The monoisotopic (exact) mass is 701 g/mol. The Morgan fingerprint density at radius 2 is 1.68 bits per heavy atom. The van der Waals surface area contributed by atoms with Crippen LogP contribution >= 0.6 is 15.9 Å². The number of aryl methyl sites for hydroxylation is 1. The first-order chi connectivity index (χ1) is 22.6. The molecule has 0 spiro atoms. The van der Waals surface area contributed by atoms with Gasteiger partial charge in [0.15, 0.2) is 5.54 Å². The Morgan fingerprint density at radius 1 is 0.979 bits per heavy atom. The van der Waals surface area contributed by atoms with E-state index in [2.05, 4.69) is 20.5 Å². The van der Waals surface area contributed by atoms with Crippen molar-refractivity contribution in [1.29, 1.82) is 0 Å². The third-order valence-electron chi connectivity index (χ3n) is 9.57. The molecule has 2 aliphatic rings.